The van der Waals surface area contributed by atoms with Crippen molar-refractivity contribution in [1.82, 2.24) is 15.4 Å². The van der Waals surface area contributed by atoms with Gasteiger partial charge in [-0.15, -0.1) is 0 Å². The molecule has 0 saturated carbocycles. The van der Waals surface area contributed by atoms with Gasteiger partial charge in [0, 0.05) is 32.2 Å². The lowest BCUT2D eigenvalue weighted by molar-refractivity contribution is 0.238. The van der Waals surface area contributed by atoms with E-state index in [0.29, 0.717) is 0 Å². The lowest BCUT2D eigenvalue weighted by atomic mass is 10.2. The van der Waals surface area contributed by atoms with Gasteiger partial charge in [0.25, 0.3) is 0 Å². The van der Waals surface area contributed by atoms with E-state index >= 15 is 0 Å². The van der Waals surface area contributed by atoms with Crippen LogP contribution in [0.1, 0.15) is 17.9 Å². The van der Waals surface area contributed by atoms with E-state index in [2.05, 4.69) is 15.4 Å². The van der Waals surface area contributed by atoms with E-state index in [1.165, 1.54) is 26.1 Å². The molecule has 15 heavy (non-hydrogen) atoms. The Morgan fingerprint density at radius 3 is 2.93 bits per heavy atom. The molecule has 0 radical (unpaired) electrons. The third kappa shape index (κ3) is 3.32. The van der Waals surface area contributed by atoms with Crippen molar-refractivity contribution >= 4 is 0 Å². The molecule has 0 aliphatic carbocycles. The van der Waals surface area contributed by atoms with Gasteiger partial charge in [-0.05, 0) is 26.3 Å². The number of rotatable bonds is 4. The van der Waals surface area contributed by atoms with Crippen molar-refractivity contribution in [2.75, 3.05) is 32.7 Å². The Labute approximate surface area is 90.6 Å². The molecule has 4 heteroatoms. The minimum absolute atomic E-state index is 0.909. The standard InChI is InChI=1S/C11H19N3O/c1-10-9-11(13-15-10)3-2-6-14-7-4-12-5-8-14/h9,12H,2-8H2,1H3. The molecule has 2 rings (SSSR count). The van der Waals surface area contributed by atoms with Gasteiger partial charge < -0.3 is 14.7 Å². The Kier molecular flexibility index (Phi) is 3.75. The third-order valence-electron chi connectivity index (χ3n) is 2.79. The molecule has 1 N–H and O–H groups in total. The number of nitrogens with one attached hydrogen (secondary N) is 1. The predicted molar refractivity (Wildman–Crippen MR) is 58.9 cm³/mol. The Bertz CT molecular complexity index is 292. The zero-order valence-corrected chi connectivity index (χ0v) is 9.33. The number of piperazine rings is 1. The molecule has 1 aromatic heterocycles. The summed E-state index contributed by atoms with van der Waals surface area (Å²) in [6, 6.07) is 2.03. The lowest BCUT2D eigenvalue weighted by Crippen LogP contribution is -2.43. The van der Waals surface area contributed by atoms with Crippen LogP contribution < -0.4 is 5.32 Å². The van der Waals surface area contributed by atoms with E-state index in [1.807, 2.05) is 13.0 Å². The van der Waals surface area contributed by atoms with Gasteiger partial charge in [0.1, 0.15) is 5.76 Å². The minimum atomic E-state index is 0.909. The monoisotopic (exact) mass is 209 g/mol. The van der Waals surface area contributed by atoms with Gasteiger partial charge in [-0.3, -0.25) is 0 Å². The Morgan fingerprint density at radius 1 is 1.47 bits per heavy atom. The second-order valence-electron chi connectivity index (χ2n) is 4.12. The minimum Gasteiger partial charge on any atom is -0.361 e. The first kappa shape index (κ1) is 10.6. The fraction of sp³-hybridized carbons (Fsp3) is 0.727. The van der Waals surface area contributed by atoms with Gasteiger partial charge in [0.15, 0.2) is 0 Å². The first-order chi connectivity index (χ1) is 7.34. The van der Waals surface area contributed by atoms with Crippen LogP contribution >= 0.6 is 0 Å². The molecular weight excluding hydrogens is 190 g/mol. The summed E-state index contributed by atoms with van der Waals surface area (Å²) in [6.45, 7) is 7.72. The van der Waals surface area contributed by atoms with Crippen LogP contribution in [-0.2, 0) is 6.42 Å². The molecule has 1 saturated heterocycles. The zero-order chi connectivity index (χ0) is 10.5. The Morgan fingerprint density at radius 2 is 2.27 bits per heavy atom. The van der Waals surface area contributed by atoms with Crippen LogP contribution in [0.5, 0.6) is 0 Å². The number of hydrogen-bond acceptors (Lipinski definition) is 4. The quantitative estimate of drug-likeness (QED) is 0.797. The van der Waals surface area contributed by atoms with Crippen LogP contribution in [0.3, 0.4) is 0 Å². The molecule has 4 nitrogen and oxygen atoms in total. The summed E-state index contributed by atoms with van der Waals surface area (Å²) in [6.07, 6.45) is 2.20. The van der Waals surface area contributed by atoms with Crippen LogP contribution in [0.15, 0.2) is 10.6 Å². The molecule has 1 fully saturated rings. The number of aromatic nitrogens is 1. The maximum atomic E-state index is 5.03. The smallest absolute Gasteiger partial charge is 0.133 e. The Balaban J connectivity index is 1.65. The average molecular weight is 209 g/mol. The molecule has 0 unspecified atom stereocenters. The van der Waals surface area contributed by atoms with Gasteiger partial charge in [0.2, 0.25) is 0 Å². The number of aryl methyl sites for hydroxylation is 2. The van der Waals surface area contributed by atoms with Crippen molar-refractivity contribution < 1.29 is 4.52 Å². The highest BCUT2D eigenvalue weighted by molar-refractivity contribution is 5.03. The largest absolute Gasteiger partial charge is 0.361 e. The molecule has 0 amide bonds. The lowest BCUT2D eigenvalue weighted by Gasteiger charge is -2.26. The highest BCUT2D eigenvalue weighted by Crippen LogP contribution is 2.05. The van der Waals surface area contributed by atoms with Crippen molar-refractivity contribution in [1.29, 1.82) is 0 Å². The summed E-state index contributed by atoms with van der Waals surface area (Å²) >= 11 is 0. The number of nitrogens with zero attached hydrogens (tertiary/aromatic N) is 2. The zero-order valence-electron chi connectivity index (χ0n) is 9.33. The van der Waals surface area contributed by atoms with E-state index in [9.17, 15) is 0 Å². The highest BCUT2D eigenvalue weighted by atomic mass is 16.5. The van der Waals surface area contributed by atoms with Gasteiger partial charge in [-0.25, -0.2) is 0 Å². The molecule has 84 valence electrons. The summed E-state index contributed by atoms with van der Waals surface area (Å²) in [4.78, 5) is 2.50. The van der Waals surface area contributed by atoms with Crippen LogP contribution in [0, 0.1) is 6.92 Å². The summed E-state index contributed by atoms with van der Waals surface area (Å²) in [7, 11) is 0. The second-order valence-corrected chi connectivity index (χ2v) is 4.12. The average Bonchev–Trinajstić information content (AvgIpc) is 2.66. The van der Waals surface area contributed by atoms with Gasteiger partial charge in [0.05, 0.1) is 5.69 Å². The van der Waals surface area contributed by atoms with Crippen molar-refractivity contribution in [3.63, 3.8) is 0 Å². The Hall–Kier alpha value is -0.870. The fourth-order valence-electron chi connectivity index (χ4n) is 1.95. The molecule has 0 spiro atoms. The molecule has 1 aliphatic rings. The summed E-state index contributed by atoms with van der Waals surface area (Å²) in [5.41, 5.74) is 1.09. The van der Waals surface area contributed by atoms with Crippen molar-refractivity contribution in [3.8, 4) is 0 Å². The van der Waals surface area contributed by atoms with E-state index in [0.717, 1.165) is 31.0 Å². The van der Waals surface area contributed by atoms with Crippen LogP contribution in [0.4, 0.5) is 0 Å². The summed E-state index contributed by atoms with van der Waals surface area (Å²) in [5, 5.41) is 7.35. The van der Waals surface area contributed by atoms with E-state index in [-0.39, 0.29) is 0 Å². The van der Waals surface area contributed by atoms with Crippen molar-refractivity contribution in [2.45, 2.75) is 19.8 Å². The molecule has 0 bridgehead atoms. The van der Waals surface area contributed by atoms with Gasteiger partial charge >= 0.3 is 0 Å². The van der Waals surface area contributed by atoms with Crippen molar-refractivity contribution in [2.24, 2.45) is 0 Å². The van der Waals surface area contributed by atoms with Gasteiger partial charge in [-0.2, -0.15) is 0 Å². The number of hydrogen-bond donors (Lipinski definition) is 1. The normalized spacial score (nSPS) is 18.2. The van der Waals surface area contributed by atoms with E-state index in [1.54, 1.807) is 0 Å². The molecular formula is C11H19N3O. The third-order valence-corrected chi connectivity index (χ3v) is 2.79. The molecule has 1 aliphatic heterocycles. The van der Waals surface area contributed by atoms with Crippen LogP contribution in [-0.4, -0.2) is 42.8 Å². The molecule has 2 heterocycles. The molecule has 0 atom stereocenters. The van der Waals surface area contributed by atoms with Crippen LogP contribution in [0.2, 0.25) is 0 Å². The summed E-state index contributed by atoms with van der Waals surface area (Å²) < 4.78 is 5.03. The van der Waals surface area contributed by atoms with Crippen LogP contribution in [0.25, 0.3) is 0 Å². The molecule has 1 aromatic rings. The SMILES string of the molecule is Cc1cc(CCCN2CCNCC2)no1. The highest BCUT2D eigenvalue weighted by Gasteiger charge is 2.09. The second kappa shape index (κ2) is 5.28. The van der Waals surface area contributed by atoms with E-state index < -0.39 is 0 Å². The maximum Gasteiger partial charge on any atom is 0.133 e. The fourth-order valence-corrected chi connectivity index (χ4v) is 1.95. The van der Waals surface area contributed by atoms with E-state index in [4.69, 9.17) is 4.52 Å². The van der Waals surface area contributed by atoms with Crippen molar-refractivity contribution in [3.05, 3.63) is 17.5 Å². The maximum absolute atomic E-state index is 5.03. The topological polar surface area (TPSA) is 41.3 Å². The summed E-state index contributed by atoms with van der Waals surface area (Å²) in [5.74, 6) is 0.909. The first-order valence-corrected chi connectivity index (χ1v) is 5.70. The first-order valence-electron chi connectivity index (χ1n) is 5.70. The predicted octanol–water partition coefficient (Wildman–Crippen LogP) is 0.821. The van der Waals surface area contributed by atoms with Gasteiger partial charge in [-0.1, -0.05) is 5.16 Å². The molecule has 0 aromatic carbocycles.